The molecular formula is C18H15FN4O3S. The summed E-state index contributed by atoms with van der Waals surface area (Å²) in [4.78, 5) is 26.7. The normalized spacial score (nSPS) is 10.4. The maximum Gasteiger partial charge on any atom is 0.278 e. The number of ether oxygens (including phenoxy) is 1. The van der Waals surface area contributed by atoms with Gasteiger partial charge in [0.2, 0.25) is 5.91 Å². The van der Waals surface area contributed by atoms with Crippen LogP contribution in [0.2, 0.25) is 0 Å². The molecule has 0 aliphatic carbocycles. The number of halogens is 1. The number of aromatic nitrogens is 3. The van der Waals surface area contributed by atoms with E-state index in [0.717, 1.165) is 11.8 Å². The van der Waals surface area contributed by atoms with Gasteiger partial charge in [-0.05, 0) is 42.5 Å². The predicted molar refractivity (Wildman–Crippen MR) is 100 cm³/mol. The van der Waals surface area contributed by atoms with Crippen molar-refractivity contribution in [2.45, 2.75) is 5.16 Å². The fraction of sp³-hybridized carbons (Fsp3) is 0.111. The second-order valence-electron chi connectivity index (χ2n) is 5.38. The van der Waals surface area contributed by atoms with E-state index in [2.05, 4.69) is 20.5 Å². The Kier molecular flexibility index (Phi) is 5.82. The molecule has 2 N–H and O–H groups in total. The summed E-state index contributed by atoms with van der Waals surface area (Å²) in [7, 11) is 1.55. The summed E-state index contributed by atoms with van der Waals surface area (Å²) in [5.41, 5.74) is 0.717. The number of hydrogen-bond donors (Lipinski definition) is 2. The SMILES string of the molecule is COc1ccc(-c2nnc(SCC(=O)Nc3cccc(F)c3)[nH]c2=O)cc1. The van der Waals surface area contributed by atoms with Gasteiger partial charge in [0.15, 0.2) is 10.9 Å². The Labute approximate surface area is 158 Å². The van der Waals surface area contributed by atoms with Crippen LogP contribution < -0.4 is 15.6 Å². The summed E-state index contributed by atoms with van der Waals surface area (Å²) >= 11 is 1.02. The zero-order valence-corrected chi connectivity index (χ0v) is 15.0. The molecule has 138 valence electrons. The van der Waals surface area contributed by atoms with Gasteiger partial charge in [0.1, 0.15) is 11.6 Å². The second-order valence-corrected chi connectivity index (χ2v) is 6.35. The van der Waals surface area contributed by atoms with E-state index in [1.54, 1.807) is 37.4 Å². The number of carbonyl (C=O) groups excluding carboxylic acids is 1. The average Bonchev–Trinajstić information content (AvgIpc) is 2.67. The van der Waals surface area contributed by atoms with Gasteiger partial charge >= 0.3 is 0 Å². The van der Waals surface area contributed by atoms with E-state index in [-0.39, 0.29) is 22.5 Å². The number of rotatable bonds is 6. The topological polar surface area (TPSA) is 97.0 Å². The van der Waals surface area contributed by atoms with Gasteiger partial charge < -0.3 is 10.1 Å². The van der Waals surface area contributed by atoms with E-state index < -0.39 is 11.4 Å². The Bertz CT molecular complexity index is 1010. The van der Waals surface area contributed by atoms with Crippen molar-refractivity contribution in [3.05, 3.63) is 64.7 Å². The molecule has 1 heterocycles. The van der Waals surface area contributed by atoms with E-state index in [0.29, 0.717) is 17.0 Å². The number of nitrogens with one attached hydrogen (secondary N) is 2. The summed E-state index contributed by atoms with van der Waals surface area (Å²) in [6.07, 6.45) is 0. The lowest BCUT2D eigenvalue weighted by atomic mass is 10.1. The van der Waals surface area contributed by atoms with Gasteiger partial charge in [0.05, 0.1) is 12.9 Å². The van der Waals surface area contributed by atoms with Crippen molar-refractivity contribution in [1.82, 2.24) is 15.2 Å². The monoisotopic (exact) mass is 386 g/mol. The van der Waals surface area contributed by atoms with Crippen molar-refractivity contribution in [2.24, 2.45) is 0 Å². The molecule has 9 heteroatoms. The number of thioether (sulfide) groups is 1. The first-order chi connectivity index (χ1) is 13.0. The van der Waals surface area contributed by atoms with E-state index in [9.17, 15) is 14.0 Å². The quantitative estimate of drug-likeness (QED) is 0.633. The largest absolute Gasteiger partial charge is 0.497 e. The molecule has 27 heavy (non-hydrogen) atoms. The average molecular weight is 386 g/mol. The lowest BCUT2D eigenvalue weighted by molar-refractivity contribution is -0.113. The van der Waals surface area contributed by atoms with E-state index in [4.69, 9.17) is 4.74 Å². The number of aromatic amines is 1. The molecule has 0 radical (unpaired) electrons. The zero-order valence-electron chi connectivity index (χ0n) is 14.2. The zero-order chi connectivity index (χ0) is 19.2. The van der Waals surface area contributed by atoms with Crippen molar-refractivity contribution >= 4 is 23.4 Å². The number of hydrogen-bond acceptors (Lipinski definition) is 6. The van der Waals surface area contributed by atoms with Crippen LogP contribution in [-0.2, 0) is 4.79 Å². The van der Waals surface area contributed by atoms with E-state index in [1.165, 1.54) is 18.2 Å². The maximum atomic E-state index is 13.1. The Morgan fingerprint density at radius 1 is 1.22 bits per heavy atom. The highest BCUT2D eigenvalue weighted by Gasteiger charge is 2.10. The molecule has 7 nitrogen and oxygen atoms in total. The fourth-order valence-corrected chi connectivity index (χ4v) is 2.83. The van der Waals surface area contributed by atoms with Crippen LogP contribution in [0.5, 0.6) is 5.75 Å². The molecule has 3 rings (SSSR count). The molecule has 0 atom stereocenters. The molecule has 0 fully saturated rings. The van der Waals surface area contributed by atoms with E-state index >= 15 is 0 Å². The number of carbonyl (C=O) groups is 1. The summed E-state index contributed by atoms with van der Waals surface area (Å²) in [6, 6.07) is 12.4. The minimum atomic E-state index is -0.440. The van der Waals surface area contributed by atoms with E-state index in [1.807, 2.05) is 0 Å². The standard InChI is InChI=1S/C18H15FN4O3S/c1-26-14-7-5-11(6-8-14)16-17(25)21-18(23-22-16)27-10-15(24)20-13-4-2-3-12(19)9-13/h2-9H,10H2,1H3,(H,20,24)(H,21,23,25). The number of anilines is 1. The Hall–Kier alpha value is -3.20. The number of amides is 1. The number of benzene rings is 2. The summed E-state index contributed by atoms with van der Waals surface area (Å²) in [5, 5.41) is 10.7. The number of methoxy groups -OCH3 is 1. The first-order valence-corrected chi connectivity index (χ1v) is 8.83. The van der Waals surface area contributed by atoms with Crippen LogP contribution in [0.3, 0.4) is 0 Å². The lowest BCUT2D eigenvalue weighted by Gasteiger charge is -2.05. The van der Waals surface area contributed by atoms with Gasteiger partial charge in [-0.1, -0.05) is 17.8 Å². The van der Waals surface area contributed by atoms with Crippen LogP contribution in [-0.4, -0.2) is 34.0 Å². The smallest absolute Gasteiger partial charge is 0.278 e. The minimum absolute atomic E-state index is 0.0109. The molecule has 0 saturated carbocycles. The van der Waals surface area contributed by atoms with Crippen LogP contribution in [0.4, 0.5) is 10.1 Å². The third kappa shape index (κ3) is 4.91. The summed E-state index contributed by atoms with van der Waals surface area (Å²) in [5.74, 6) is -0.139. The third-order valence-electron chi connectivity index (χ3n) is 3.49. The molecule has 0 aliphatic heterocycles. The third-order valence-corrected chi connectivity index (χ3v) is 4.35. The Morgan fingerprint density at radius 3 is 2.67 bits per heavy atom. The minimum Gasteiger partial charge on any atom is -0.497 e. The van der Waals surface area contributed by atoms with Gasteiger partial charge in [-0.15, -0.1) is 10.2 Å². The highest BCUT2D eigenvalue weighted by atomic mass is 32.2. The molecule has 2 aromatic carbocycles. The molecule has 0 bridgehead atoms. The van der Waals surface area contributed by atoms with Crippen LogP contribution in [0, 0.1) is 5.82 Å². The van der Waals surface area contributed by atoms with Crippen LogP contribution >= 0.6 is 11.8 Å². The predicted octanol–water partition coefficient (Wildman–Crippen LogP) is 2.71. The Balaban J connectivity index is 1.63. The molecular weight excluding hydrogens is 371 g/mol. The highest BCUT2D eigenvalue weighted by Crippen LogP contribution is 2.18. The first-order valence-electron chi connectivity index (χ1n) is 7.85. The van der Waals surface area contributed by atoms with Crippen molar-refractivity contribution in [3.8, 4) is 17.0 Å². The van der Waals surface area contributed by atoms with Gasteiger partial charge in [0, 0.05) is 11.3 Å². The number of nitrogens with zero attached hydrogens (tertiary/aromatic N) is 2. The molecule has 0 spiro atoms. The van der Waals surface area contributed by atoms with Crippen LogP contribution in [0.1, 0.15) is 0 Å². The van der Waals surface area contributed by atoms with Gasteiger partial charge in [-0.2, -0.15) is 0 Å². The molecule has 3 aromatic rings. The summed E-state index contributed by atoms with van der Waals surface area (Å²) in [6.45, 7) is 0. The van der Waals surface area contributed by atoms with Crippen molar-refractivity contribution in [3.63, 3.8) is 0 Å². The molecule has 1 aromatic heterocycles. The molecule has 0 unspecified atom stereocenters. The fourth-order valence-electron chi connectivity index (χ4n) is 2.22. The number of H-pyrrole nitrogens is 1. The Morgan fingerprint density at radius 2 is 2.00 bits per heavy atom. The summed E-state index contributed by atoms with van der Waals surface area (Å²) < 4.78 is 18.2. The van der Waals surface area contributed by atoms with Crippen molar-refractivity contribution < 1.29 is 13.9 Å². The highest BCUT2D eigenvalue weighted by molar-refractivity contribution is 7.99. The van der Waals surface area contributed by atoms with Gasteiger partial charge in [0.25, 0.3) is 5.56 Å². The van der Waals surface area contributed by atoms with Crippen molar-refractivity contribution in [1.29, 1.82) is 0 Å². The van der Waals surface area contributed by atoms with Gasteiger partial charge in [-0.3, -0.25) is 14.6 Å². The maximum absolute atomic E-state index is 13.1. The van der Waals surface area contributed by atoms with Crippen LogP contribution in [0.25, 0.3) is 11.3 Å². The van der Waals surface area contributed by atoms with Gasteiger partial charge in [-0.25, -0.2) is 4.39 Å². The molecule has 1 amide bonds. The lowest BCUT2D eigenvalue weighted by Crippen LogP contribution is -2.17. The first kappa shape index (κ1) is 18.6. The molecule has 0 aliphatic rings. The molecule has 0 saturated heterocycles. The second kappa shape index (κ2) is 8.45. The van der Waals surface area contributed by atoms with Crippen LogP contribution in [0.15, 0.2) is 58.5 Å². The van der Waals surface area contributed by atoms with Crippen molar-refractivity contribution in [2.75, 3.05) is 18.2 Å².